The molecule has 0 aliphatic carbocycles. The van der Waals surface area contributed by atoms with Gasteiger partial charge in [0.05, 0.1) is 5.56 Å². The van der Waals surface area contributed by atoms with E-state index in [4.69, 9.17) is 18.0 Å². The predicted octanol–water partition coefficient (Wildman–Crippen LogP) is 2.58. The molecule has 0 saturated carbocycles. The minimum absolute atomic E-state index is 0.204. The molecule has 4 nitrogen and oxygen atoms in total. The molecule has 0 radical (unpaired) electrons. The zero-order valence-corrected chi connectivity index (χ0v) is 12.1. The van der Waals surface area contributed by atoms with E-state index in [1.807, 2.05) is 26.0 Å². The molecule has 20 heavy (non-hydrogen) atoms. The van der Waals surface area contributed by atoms with E-state index in [1.165, 1.54) is 6.20 Å². The number of nitrogens with two attached hydrogens (primary N) is 1. The number of thiocarbonyl (C=S) groups is 1. The molecule has 3 N–H and O–H groups in total. The van der Waals surface area contributed by atoms with E-state index in [2.05, 4.69) is 10.3 Å². The summed E-state index contributed by atoms with van der Waals surface area (Å²) in [5.41, 5.74) is 9.42. The van der Waals surface area contributed by atoms with E-state index < -0.39 is 0 Å². The lowest BCUT2D eigenvalue weighted by Crippen LogP contribution is -2.15. The number of anilines is 1. The van der Waals surface area contributed by atoms with Crippen LogP contribution in [0.25, 0.3) is 0 Å². The van der Waals surface area contributed by atoms with Gasteiger partial charge >= 0.3 is 0 Å². The molecule has 0 aliphatic rings. The largest absolute Gasteiger partial charge is 0.389 e. The zero-order chi connectivity index (χ0) is 14.7. The fraction of sp³-hybridized carbons (Fsp3) is 0.133. The van der Waals surface area contributed by atoms with Gasteiger partial charge in [-0.25, -0.2) is 0 Å². The van der Waals surface area contributed by atoms with E-state index >= 15 is 0 Å². The molecule has 0 unspecified atom stereocenters. The Labute approximate surface area is 123 Å². The summed E-state index contributed by atoms with van der Waals surface area (Å²) in [4.78, 5) is 16.5. The van der Waals surface area contributed by atoms with Gasteiger partial charge in [-0.15, -0.1) is 0 Å². The van der Waals surface area contributed by atoms with Crippen molar-refractivity contribution in [2.45, 2.75) is 13.8 Å². The second kappa shape index (κ2) is 5.79. The summed E-state index contributed by atoms with van der Waals surface area (Å²) in [5.74, 6) is -0.204. The van der Waals surface area contributed by atoms with Gasteiger partial charge in [-0.3, -0.25) is 9.78 Å². The minimum Gasteiger partial charge on any atom is -0.389 e. The van der Waals surface area contributed by atoms with Gasteiger partial charge in [0.25, 0.3) is 5.91 Å². The van der Waals surface area contributed by atoms with Crippen LogP contribution in [0.4, 0.5) is 5.69 Å². The third-order valence-corrected chi connectivity index (χ3v) is 3.14. The van der Waals surface area contributed by atoms with Gasteiger partial charge in [-0.05, 0) is 37.1 Å². The number of rotatable bonds is 3. The predicted molar refractivity (Wildman–Crippen MR) is 84.0 cm³/mol. The van der Waals surface area contributed by atoms with E-state index in [1.54, 1.807) is 18.3 Å². The highest BCUT2D eigenvalue weighted by molar-refractivity contribution is 7.80. The van der Waals surface area contributed by atoms with Gasteiger partial charge in [0, 0.05) is 23.6 Å². The lowest BCUT2D eigenvalue weighted by atomic mass is 10.1. The maximum atomic E-state index is 12.2. The quantitative estimate of drug-likeness (QED) is 0.851. The molecule has 1 aromatic carbocycles. The van der Waals surface area contributed by atoms with Crippen LogP contribution in [-0.4, -0.2) is 15.9 Å². The monoisotopic (exact) mass is 285 g/mol. The van der Waals surface area contributed by atoms with Crippen molar-refractivity contribution in [3.05, 3.63) is 58.9 Å². The number of hydrogen-bond donors (Lipinski definition) is 2. The molecule has 1 aromatic heterocycles. The number of carbonyl (C=O) groups excluding carboxylic acids is 1. The highest BCUT2D eigenvalue weighted by Crippen LogP contribution is 2.18. The smallest absolute Gasteiger partial charge is 0.257 e. The van der Waals surface area contributed by atoms with Crippen LogP contribution >= 0.6 is 12.2 Å². The maximum Gasteiger partial charge on any atom is 0.257 e. The molecule has 1 amide bonds. The Morgan fingerprint density at radius 3 is 2.60 bits per heavy atom. The van der Waals surface area contributed by atoms with E-state index in [0.717, 1.165) is 16.7 Å². The molecule has 2 aromatic rings. The van der Waals surface area contributed by atoms with Crippen molar-refractivity contribution in [3.8, 4) is 0 Å². The van der Waals surface area contributed by atoms with Crippen LogP contribution in [0.5, 0.6) is 0 Å². The Kier molecular flexibility index (Phi) is 4.10. The van der Waals surface area contributed by atoms with Crippen LogP contribution in [0.3, 0.4) is 0 Å². The Morgan fingerprint density at radius 2 is 1.95 bits per heavy atom. The molecule has 0 saturated heterocycles. The molecule has 102 valence electrons. The molecule has 0 aliphatic heterocycles. The van der Waals surface area contributed by atoms with Crippen molar-refractivity contribution in [1.29, 1.82) is 0 Å². The van der Waals surface area contributed by atoms with Gasteiger partial charge in [-0.1, -0.05) is 24.4 Å². The molecule has 0 spiro atoms. The van der Waals surface area contributed by atoms with Crippen LogP contribution in [0.15, 0.2) is 36.7 Å². The van der Waals surface area contributed by atoms with Crippen molar-refractivity contribution in [2.75, 3.05) is 5.32 Å². The summed E-state index contributed by atoms with van der Waals surface area (Å²) in [6, 6.07) is 7.27. The molecule has 0 atom stereocenters. The fourth-order valence-electron chi connectivity index (χ4n) is 1.78. The van der Waals surface area contributed by atoms with E-state index in [0.29, 0.717) is 16.2 Å². The minimum atomic E-state index is -0.204. The first-order valence-electron chi connectivity index (χ1n) is 6.11. The van der Waals surface area contributed by atoms with Crippen molar-refractivity contribution in [3.63, 3.8) is 0 Å². The first kappa shape index (κ1) is 14.1. The van der Waals surface area contributed by atoms with E-state index in [9.17, 15) is 4.79 Å². The molecular weight excluding hydrogens is 270 g/mol. The summed E-state index contributed by atoms with van der Waals surface area (Å²) in [6.45, 7) is 3.80. The number of hydrogen-bond acceptors (Lipinski definition) is 3. The number of benzene rings is 1. The number of aryl methyl sites for hydroxylation is 2. The first-order chi connectivity index (χ1) is 9.47. The number of aromatic nitrogens is 1. The van der Waals surface area contributed by atoms with Crippen molar-refractivity contribution in [1.82, 2.24) is 4.98 Å². The average molecular weight is 285 g/mol. The molecule has 1 heterocycles. The summed E-state index contributed by atoms with van der Waals surface area (Å²) < 4.78 is 0. The van der Waals surface area contributed by atoms with Crippen LogP contribution in [0.2, 0.25) is 0 Å². The number of amides is 1. The Hall–Kier alpha value is -2.27. The van der Waals surface area contributed by atoms with E-state index in [-0.39, 0.29) is 5.91 Å². The number of pyridine rings is 1. The molecule has 5 heteroatoms. The third kappa shape index (κ3) is 3.19. The summed E-state index contributed by atoms with van der Waals surface area (Å²) in [7, 11) is 0. The van der Waals surface area contributed by atoms with Crippen LogP contribution in [0.1, 0.15) is 27.0 Å². The standard InChI is InChI=1S/C15H15N3OS/c1-9-5-12(8-17-7-9)15(19)18-13-6-11(14(16)20)4-3-10(13)2/h3-8H,1-2H3,(H2,16,20)(H,18,19). The zero-order valence-electron chi connectivity index (χ0n) is 11.3. The Morgan fingerprint density at radius 1 is 1.20 bits per heavy atom. The highest BCUT2D eigenvalue weighted by atomic mass is 32.1. The molecular formula is C15H15N3OS. The molecule has 2 rings (SSSR count). The van der Waals surface area contributed by atoms with Gasteiger partial charge in [-0.2, -0.15) is 0 Å². The summed E-state index contributed by atoms with van der Waals surface area (Å²) in [5, 5.41) is 2.85. The van der Waals surface area contributed by atoms with Gasteiger partial charge in [0.15, 0.2) is 0 Å². The third-order valence-electron chi connectivity index (χ3n) is 2.91. The Bertz CT molecular complexity index is 683. The molecule has 0 fully saturated rings. The van der Waals surface area contributed by atoms with Crippen LogP contribution < -0.4 is 11.1 Å². The maximum absolute atomic E-state index is 12.2. The molecule has 0 bridgehead atoms. The first-order valence-corrected chi connectivity index (χ1v) is 6.51. The van der Waals surface area contributed by atoms with Gasteiger partial charge < -0.3 is 11.1 Å². The van der Waals surface area contributed by atoms with Crippen molar-refractivity contribution < 1.29 is 4.79 Å². The average Bonchev–Trinajstić information content (AvgIpc) is 2.41. The topological polar surface area (TPSA) is 68.0 Å². The Balaban J connectivity index is 2.27. The second-order valence-electron chi connectivity index (χ2n) is 4.60. The normalized spacial score (nSPS) is 10.1. The summed E-state index contributed by atoms with van der Waals surface area (Å²) >= 11 is 4.94. The van der Waals surface area contributed by atoms with Crippen molar-refractivity contribution >= 4 is 28.8 Å². The van der Waals surface area contributed by atoms with Gasteiger partial charge in [0.1, 0.15) is 4.99 Å². The lowest BCUT2D eigenvalue weighted by molar-refractivity contribution is 0.102. The highest BCUT2D eigenvalue weighted by Gasteiger charge is 2.09. The number of carbonyl (C=O) groups is 1. The lowest BCUT2D eigenvalue weighted by Gasteiger charge is -2.10. The van der Waals surface area contributed by atoms with Crippen molar-refractivity contribution in [2.24, 2.45) is 5.73 Å². The number of nitrogens with zero attached hydrogens (tertiary/aromatic N) is 1. The summed E-state index contributed by atoms with van der Waals surface area (Å²) in [6.07, 6.45) is 3.24. The second-order valence-corrected chi connectivity index (χ2v) is 5.04. The fourth-order valence-corrected chi connectivity index (χ4v) is 1.91. The van der Waals surface area contributed by atoms with Crippen LogP contribution in [-0.2, 0) is 0 Å². The SMILES string of the molecule is Cc1cncc(C(=O)Nc2cc(C(N)=S)ccc2C)c1. The number of nitrogens with one attached hydrogen (secondary N) is 1. The van der Waals surface area contributed by atoms with Gasteiger partial charge in [0.2, 0.25) is 0 Å². The van der Waals surface area contributed by atoms with Crippen LogP contribution in [0, 0.1) is 13.8 Å².